The predicted molar refractivity (Wildman–Crippen MR) is 72.8 cm³/mol. The lowest BCUT2D eigenvalue weighted by molar-refractivity contribution is 0.432. The second kappa shape index (κ2) is 5.44. The molecular weight excluding hydrogens is 240 g/mol. The zero-order chi connectivity index (χ0) is 13.8. The molecule has 0 aliphatic heterocycles. The molecule has 0 radical (unpaired) electrons. The molecule has 0 fully saturated rings. The number of rotatable bonds is 4. The van der Waals surface area contributed by atoms with Crippen LogP contribution < -0.4 is 10.5 Å². The zero-order valence-corrected chi connectivity index (χ0v) is 11.1. The van der Waals surface area contributed by atoms with Crippen LogP contribution in [0, 0.1) is 11.3 Å². The Morgan fingerprint density at radius 2 is 2.05 bits per heavy atom. The molecule has 0 aliphatic rings. The fourth-order valence-electron chi connectivity index (χ4n) is 1.84. The van der Waals surface area contributed by atoms with Crippen LogP contribution >= 0.6 is 0 Å². The summed E-state index contributed by atoms with van der Waals surface area (Å²) in [5.41, 5.74) is 8.36. The summed E-state index contributed by atoms with van der Waals surface area (Å²) in [6.45, 7) is 2.00. The number of nitrogen functional groups attached to an aromatic ring is 1. The van der Waals surface area contributed by atoms with Crippen molar-refractivity contribution < 1.29 is 4.74 Å². The van der Waals surface area contributed by atoms with E-state index in [0.29, 0.717) is 23.7 Å². The van der Waals surface area contributed by atoms with Crippen LogP contribution in [0.15, 0.2) is 24.3 Å². The van der Waals surface area contributed by atoms with Gasteiger partial charge in [0.15, 0.2) is 0 Å². The maximum Gasteiger partial charge on any atom is 0.241 e. The molecule has 2 aromatic rings. The highest BCUT2D eigenvalue weighted by atomic mass is 16.5. The Morgan fingerprint density at radius 1 is 1.37 bits per heavy atom. The van der Waals surface area contributed by atoms with Gasteiger partial charge < -0.3 is 10.5 Å². The molecule has 1 aromatic carbocycles. The number of aromatic nitrogens is 2. The van der Waals surface area contributed by atoms with Gasteiger partial charge in [-0.05, 0) is 24.1 Å². The molecule has 0 unspecified atom stereocenters. The van der Waals surface area contributed by atoms with Gasteiger partial charge in [-0.15, -0.1) is 0 Å². The second-order valence-corrected chi connectivity index (χ2v) is 4.22. The number of hydrogen-bond acceptors (Lipinski definition) is 4. The normalized spacial score (nSPS) is 10.2. The summed E-state index contributed by atoms with van der Waals surface area (Å²) in [5.74, 6) is 1.23. The quantitative estimate of drug-likeness (QED) is 0.911. The predicted octanol–water partition coefficient (Wildman–Crippen LogP) is 2.42. The van der Waals surface area contributed by atoms with E-state index in [4.69, 9.17) is 15.7 Å². The molecule has 0 atom stereocenters. The van der Waals surface area contributed by atoms with Gasteiger partial charge in [0.05, 0.1) is 18.2 Å². The molecule has 19 heavy (non-hydrogen) atoms. The molecule has 5 nitrogen and oxygen atoms in total. The number of benzene rings is 1. The number of hydrogen-bond donors (Lipinski definition) is 1. The molecule has 1 heterocycles. The molecule has 0 saturated heterocycles. The maximum absolute atomic E-state index is 8.62. The molecule has 2 N–H and O–H groups in total. The van der Waals surface area contributed by atoms with Crippen molar-refractivity contribution in [2.24, 2.45) is 7.05 Å². The summed E-state index contributed by atoms with van der Waals surface area (Å²) in [5, 5.41) is 12.9. The SMILES string of the molecule is CCc1nn(C)c(Oc2ccc(CC#N)cc2)c1N. The van der Waals surface area contributed by atoms with Gasteiger partial charge in [-0.25, -0.2) is 4.68 Å². The fourth-order valence-corrected chi connectivity index (χ4v) is 1.84. The van der Waals surface area contributed by atoms with Crippen LogP contribution in [-0.2, 0) is 19.9 Å². The van der Waals surface area contributed by atoms with Crippen molar-refractivity contribution in [3.05, 3.63) is 35.5 Å². The molecule has 0 saturated carbocycles. The van der Waals surface area contributed by atoms with Crippen LogP contribution in [0.5, 0.6) is 11.6 Å². The van der Waals surface area contributed by atoms with Gasteiger partial charge in [0.2, 0.25) is 5.88 Å². The van der Waals surface area contributed by atoms with E-state index in [-0.39, 0.29) is 0 Å². The highest BCUT2D eigenvalue weighted by Crippen LogP contribution is 2.29. The first-order chi connectivity index (χ1) is 9.15. The Balaban J connectivity index is 2.22. The minimum absolute atomic E-state index is 0.397. The van der Waals surface area contributed by atoms with Crippen LogP contribution in [-0.4, -0.2) is 9.78 Å². The zero-order valence-electron chi connectivity index (χ0n) is 11.1. The van der Waals surface area contributed by atoms with Crippen LogP contribution in [0.2, 0.25) is 0 Å². The number of anilines is 1. The van der Waals surface area contributed by atoms with E-state index in [1.54, 1.807) is 11.7 Å². The first kappa shape index (κ1) is 13.0. The van der Waals surface area contributed by atoms with Gasteiger partial charge in [0, 0.05) is 7.05 Å². The van der Waals surface area contributed by atoms with E-state index in [9.17, 15) is 0 Å². The molecule has 5 heteroatoms. The Kier molecular flexibility index (Phi) is 3.71. The largest absolute Gasteiger partial charge is 0.437 e. The van der Waals surface area contributed by atoms with E-state index >= 15 is 0 Å². The average Bonchev–Trinajstić information content (AvgIpc) is 2.68. The summed E-state index contributed by atoms with van der Waals surface area (Å²) in [6.07, 6.45) is 1.16. The molecular formula is C14H16N4O. The van der Waals surface area contributed by atoms with Gasteiger partial charge in [0.25, 0.3) is 0 Å². The first-order valence-corrected chi connectivity index (χ1v) is 6.10. The van der Waals surface area contributed by atoms with Gasteiger partial charge in [-0.2, -0.15) is 10.4 Å². The molecule has 98 valence electrons. The van der Waals surface area contributed by atoms with Crippen molar-refractivity contribution in [1.29, 1.82) is 5.26 Å². The minimum Gasteiger partial charge on any atom is -0.437 e. The molecule has 0 bridgehead atoms. The van der Waals surface area contributed by atoms with E-state index < -0.39 is 0 Å². The standard InChI is InChI=1S/C14H16N4O/c1-3-12-13(16)14(18(2)17-12)19-11-6-4-10(5-7-11)8-9-15/h4-7H,3,8,16H2,1-2H3. The smallest absolute Gasteiger partial charge is 0.241 e. The minimum atomic E-state index is 0.397. The summed E-state index contributed by atoms with van der Waals surface area (Å²) in [7, 11) is 1.80. The summed E-state index contributed by atoms with van der Waals surface area (Å²) in [6, 6.07) is 9.49. The average molecular weight is 256 g/mol. The van der Waals surface area contributed by atoms with Gasteiger partial charge in [-0.1, -0.05) is 19.1 Å². The number of nitriles is 1. The van der Waals surface area contributed by atoms with Crippen molar-refractivity contribution in [3.8, 4) is 17.7 Å². The van der Waals surface area contributed by atoms with Crippen LogP contribution in [0.25, 0.3) is 0 Å². The van der Waals surface area contributed by atoms with Gasteiger partial charge in [0.1, 0.15) is 11.4 Å². The van der Waals surface area contributed by atoms with Crippen LogP contribution in [0.4, 0.5) is 5.69 Å². The third-order valence-electron chi connectivity index (χ3n) is 2.86. The van der Waals surface area contributed by atoms with Gasteiger partial charge >= 0.3 is 0 Å². The van der Waals surface area contributed by atoms with Crippen molar-refractivity contribution in [2.45, 2.75) is 19.8 Å². The Morgan fingerprint density at radius 3 is 2.58 bits per heavy atom. The van der Waals surface area contributed by atoms with Gasteiger partial charge in [-0.3, -0.25) is 0 Å². The number of nitrogens with zero attached hydrogens (tertiary/aromatic N) is 3. The Bertz CT molecular complexity index is 608. The first-order valence-electron chi connectivity index (χ1n) is 6.10. The lowest BCUT2D eigenvalue weighted by Gasteiger charge is -2.07. The third-order valence-corrected chi connectivity index (χ3v) is 2.86. The molecule has 0 amide bonds. The second-order valence-electron chi connectivity index (χ2n) is 4.22. The topological polar surface area (TPSA) is 76.9 Å². The number of ether oxygens (including phenoxy) is 1. The van der Waals surface area contributed by atoms with E-state index in [2.05, 4.69) is 11.2 Å². The molecule has 2 rings (SSSR count). The summed E-state index contributed by atoms with van der Waals surface area (Å²) < 4.78 is 7.38. The monoisotopic (exact) mass is 256 g/mol. The number of aryl methyl sites for hydroxylation is 2. The molecule has 0 aliphatic carbocycles. The summed E-state index contributed by atoms with van der Waals surface area (Å²) >= 11 is 0. The third kappa shape index (κ3) is 2.68. The fraction of sp³-hybridized carbons (Fsp3) is 0.286. The van der Waals surface area contributed by atoms with Crippen molar-refractivity contribution in [3.63, 3.8) is 0 Å². The van der Waals surface area contributed by atoms with Crippen molar-refractivity contribution in [2.75, 3.05) is 5.73 Å². The Hall–Kier alpha value is -2.48. The van der Waals surface area contributed by atoms with Crippen LogP contribution in [0.3, 0.4) is 0 Å². The van der Waals surface area contributed by atoms with E-state index in [1.165, 1.54) is 0 Å². The lowest BCUT2D eigenvalue weighted by Crippen LogP contribution is -1.97. The van der Waals surface area contributed by atoms with E-state index in [0.717, 1.165) is 17.7 Å². The highest BCUT2D eigenvalue weighted by molar-refractivity contribution is 5.54. The van der Waals surface area contributed by atoms with Crippen molar-refractivity contribution >= 4 is 5.69 Å². The van der Waals surface area contributed by atoms with Crippen molar-refractivity contribution in [1.82, 2.24) is 9.78 Å². The molecule has 1 aromatic heterocycles. The molecule has 0 spiro atoms. The lowest BCUT2D eigenvalue weighted by atomic mass is 10.2. The number of nitrogens with two attached hydrogens (primary N) is 1. The van der Waals surface area contributed by atoms with Crippen LogP contribution in [0.1, 0.15) is 18.2 Å². The summed E-state index contributed by atoms with van der Waals surface area (Å²) in [4.78, 5) is 0. The highest BCUT2D eigenvalue weighted by Gasteiger charge is 2.13. The van der Waals surface area contributed by atoms with E-state index in [1.807, 2.05) is 31.2 Å². The Labute approximate surface area is 112 Å². The maximum atomic E-state index is 8.62.